The van der Waals surface area contributed by atoms with Crippen LogP contribution in [0.3, 0.4) is 0 Å². The largest absolute Gasteiger partial charge is 0.313 e. The van der Waals surface area contributed by atoms with Gasteiger partial charge in [0.25, 0.3) is 0 Å². The van der Waals surface area contributed by atoms with Crippen LogP contribution in [-0.4, -0.2) is 7.05 Å². The smallest absolute Gasteiger partial charge is 0.126 e. The van der Waals surface area contributed by atoms with E-state index in [1.165, 1.54) is 31.4 Å². The molecule has 1 nitrogen and oxygen atoms in total. The highest BCUT2D eigenvalue weighted by atomic mass is 19.1. The van der Waals surface area contributed by atoms with E-state index < -0.39 is 11.6 Å². The molecule has 1 aromatic carbocycles. The molecule has 0 radical (unpaired) electrons. The van der Waals surface area contributed by atoms with Crippen LogP contribution >= 0.6 is 0 Å². The van der Waals surface area contributed by atoms with Crippen LogP contribution in [0.25, 0.3) is 0 Å². The maximum absolute atomic E-state index is 13.2. The van der Waals surface area contributed by atoms with Crippen molar-refractivity contribution >= 4 is 0 Å². The van der Waals surface area contributed by atoms with Crippen molar-refractivity contribution < 1.29 is 8.78 Å². The Morgan fingerprint density at radius 2 is 1.71 bits per heavy atom. The van der Waals surface area contributed by atoms with E-state index in [0.29, 0.717) is 5.92 Å². The van der Waals surface area contributed by atoms with Gasteiger partial charge in [-0.3, -0.25) is 0 Å². The Morgan fingerprint density at radius 3 is 2.24 bits per heavy atom. The Morgan fingerprint density at radius 1 is 1.12 bits per heavy atom. The number of nitrogens with one attached hydrogen (secondary N) is 1. The van der Waals surface area contributed by atoms with Gasteiger partial charge in [-0.15, -0.1) is 0 Å². The minimum Gasteiger partial charge on any atom is -0.313 e. The highest BCUT2D eigenvalue weighted by Gasteiger charge is 2.55. The molecule has 2 aliphatic rings. The van der Waals surface area contributed by atoms with Gasteiger partial charge >= 0.3 is 0 Å². The second-order valence-corrected chi connectivity index (χ2v) is 5.31. The third-order valence-electron chi connectivity index (χ3n) is 4.41. The average Bonchev–Trinajstić information content (AvgIpc) is 2.73. The zero-order valence-electron chi connectivity index (χ0n) is 9.92. The van der Waals surface area contributed by atoms with E-state index in [-0.39, 0.29) is 6.04 Å². The lowest BCUT2D eigenvalue weighted by molar-refractivity contribution is 0.440. The summed E-state index contributed by atoms with van der Waals surface area (Å²) in [6.07, 6.45) is 3.89. The Labute approximate surface area is 100 Å². The van der Waals surface area contributed by atoms with Gasteiger partial charge in [-0.25, -0.2) is 8.78 Å². The van der Waals surface area contributed by atoms with Gasteiger partial charge in [-0.05, 0) is 55.3 Å². The Kier molecular flexibility index (Phi) is 2.66. The predicted octanol–water partition coefficient (Wildman–Crippen LogP) is 3.27. The van der Waals surface area contributed by atoms with Crippen LogP contribution in [-0.2, 0) is 0 Å². The Balaban J connectivity index is 1.85. The highest BCUT2D eigenvalue weighted by Crippen LogP contribution is 2.62. The van der Waals surface area contributed by atoms with Crippen molar-refractivity contribution in [2.45, 2.75) is 25.3 Å². The van der Waals surface area contributed by atoms with Crippen LogP contribution in [0.5, 0.6) is 0 Å². The lowest BCUT2D eigenvalue weighted by Crippen LogP contribution is -2.21. The molecule has 1 N–H and O–H groups in total. The van der Waals surface area contributed by atoms with Crippen LogP contribution in [0, 0.1) is 29.4 Å². The van der Waals surface area contributed by atoms with Gasteiger partial charge in [0.05, 0.1) is 0 Å². The van der Waals surface area contributed by atoms with Crippen LogP contribution in [0.2, 0.25) is 0 Å². The summed E-state index contributed by atoms with van der Waals surface area (Å²) in [6.45, 7) is 0. The first-order valence-electron chi connectivity index (χ1n) is 6.34. The molecule has 92 valence electrons. The second kappa shape index (κ2) is 4.05. The molecule has 3 rings (SSSR count). The van der Waals surface area contributed by atoms with Crippen LogP contribution < -0.4 is 5.32 Å². The number of rotatable bonds is 3. The maximum Gasteiger partial charge on any atom is 0.126 e. The number of benzene rings is 1. The van der Waals surface area contributed by atoms with E-state index in [2.05, 4.69) is 5.32 Å². The molecule has 3 heteroatoms. The third kappa shape index (κ3) is 1.86. The summed E-state index contributed by atoms with van der Waals surface area (Å²) >= 11 is 0. The number of halogens is 2. The van der Waals surface area contributed by atoms with Crippen LogP contribution in [0.4, 0.5) is 8.78 Å². The molecule has 0 aliphatic heterocycles. The average molecular weight is 237 g/mol. The van der Waals surface area contributed by atoms with E-state index in [4.69, 9.17) is 0 Å². The first-order chi connectivity index (χ1) is 8.20. The molecule has 0 bridgehead atoms. The van der Waals surface area contributed by atoms with Gasteiger partial charge in [-0.1, -0.05) is 6.42 Å². The van der Waals surface area contributed by atoms with E-state index in [1.54, 1.807) is 0 Å². The highest BCUT2D eigenvalue weighted by molar-refractivity contribution is 5.25. The molecule has 17 heavy (non-hydrogen) atoms. The molecule has 2 aliphatic carbocycles. The molecule has 1 aromatic rings. The van der Waals surface area contributed by atoms with Gasteiger partial charge < -0.3 is 5.32 Å². The van der Waals surface area contributed by atoms with Gasteiger partial charge in [-0.2, -0.15) is 0 Å². The lowest BCUT2D eigenvalue weighted by Gasteiger charge is -2.19. The Bertz CT molecular complexity index is 402. The normalized spacial score (nSPS) is 32.3. The number of fused-ring (bicyclic) bond motifs is 1. The standard InChI is InChI=1S/C14H17F2N/c1-17-14(13-11-3-2-4-12(11)13)8-5-9(15)7-10(16)6-8/h5-7,11-14,17H,2-4H2,1H3. The number of hydrogen-bond acceptors (Lipinski definition) is 1. The van der Waals surface area contributed by atoms with E-state index in [0.717, 1.165) is 23.5 Å². The van der Waals surface area contributed by atoms with E-state index in [9.17, 15) is 8.78 Å². The van der Waals surface area contributed by atoms with Crippen molar-refractivity contribution in [2.75, 3.05) is 7.05 Å². The fourth-order valence-electron chi connectivity index (χ4n) is 3.71. The SMILES string of the molecule is CNC(c1cc(F)cc(F)c1)C1C2CCCC21. The van der Waals surface area contributed by atoms with Crippen LogP contribution in [0.1, 0.15) is 30.9 Å². The summed E-state index contributed by atoms with van der Waals surface area (Å²) < 4.78 is 26.5. The fourth-order valence-corrected chi connectivity index (χ4v) is 3.71. The lowest BCUT2D eigenvalue weighted by atomic mass is 9.97. The minimum atomic E-state index is -0.481. The van der Waals surface area contributed by atoms with E-state index >= 15 is 0 Å². The van der Waals surface area contributed by atoms with Crippen molar-refractivity contribution in [1.82, 2.24) is 5.32 Å². The summed E-state index contributed by atoms with van der Waals surface area (Å²) in [4.78, 5) is 0. The summed E-state index contributed by atoms with van der Waals surface area (Å²) in [7, 11) is 1.88. The molecule has 0 heterocycles. The third-order valence-corrected chi connectivity index (χ3v) is 4.41. The zero-order valence-corrected chi connectivity index (χ0v) is 9.92. The second-order valence-electron chi connectivity index (χ2n) is 5.31. The van der Waals surface area contributed by atoms with Crippen molar-refractivity contribution in [3.8, 4) is 0 Å². The summed E-state index contributed by atoms with van der Waals surface area (Å²) in [6, 6.07) is 3.95. The summed E-state index contributed by atoms with van der Waals surface area (Å²) in [5.74, 6) is 1.17. The molecule has 2 fully saturated rings. The first-order valence-corrected chi connectivity index (χ1v) is 6.34. The molecule has 0 aromatic heterocycles. The van der Waals surface area contributed by atoms with Crippen molar-refractivity contribution in [2.24, 2.45) is 17.8 Å². The van der Waals surface area contributed by atoms with Gasteiger partial charge in [0.15, 0.2) is 0 Å². The van der Waals surface area contributed by atoms with Gasteiger partial charge in [0.2, 0.25) is 0 Å². The quantitative estimate of drug-likeness (QED) is 0.850. The molecular formula is C14H17F2N. The summed E-state index contributed by atoms with van der Waals surface area (Å²) in [5, 5.41) is 3.23. The molecule has 2 saturated carbocycles. The summed E-state index contributed by atoms with van der Waals surface area (Å²) in [5.41, 5.74) is 0.754. The molecule has 3 unspecified atom stereocenters. The first kappa shape index (κ1) is 11.1. The topological polar surface area (TPSA) is 12.0 Å². The van der Waals surface area contributed by atoms with Crippen molar-refractivity contribution in [3.63, 3.8) is 0 Å². The number of hydrogen-bond donors (Lipinski definition) is 1. The molecular weight excluding hydrogens is 220 g/mol. The van der Waals surface area contributed by atoms with Crippen molar-refractivity contribution in [3.05, 3.63) is 35.4 Å². The zero-order chi connectivity index (χ0) is 12.0. The molecule has 0 amide bonds. The fraction of sp³-hybridized carbons (Fsp3) is 0.571. The van der Waals surface area contributed by atoms with Gasteiger partial charge in [0.1, 0.15) is 11.6 Å². The van der Waals surface area contributed by atoms with E-state index in [1.807, 2.05) is 7.05 Å². The molecule has 0 saturated heterocycles. The van der Waals surface area contributed by atoms with Crippen LogP contribution in [0.15, 0.2) is 18.2 Å². The van der Waals surface area contributed by atoms with Gasteiger partial charge in [0, 0.05) is 12.1 Å². The predicted molar refractivity (Wildman–Crippen MR) is 62.5 cm³/mol. The Hall–Kier alpha value is -0.960. The molecule has 3 atom stereocenters. The van der Waals surface area contributed by atoms with Crippen molar-refractivity contribution in [1.29, 1.82) is 0 Å². The monoisotopic (exact) mass is 237 g/mol. The minimum absolute atomic E-state index is 0.107. The maximum atomic E-state index is 13.2. The molecule has 0 spiro atoms.